The van der Waals surface area contributed by atoms with Crippen LogP contribution in [-0.4, -0.2) is 36.1 Å². The lowest BCUT2D eigenvalue weighted by atomic mass is 9.89. The van der Waals surface area contributed by atoms with Crippen LogP contribution in [0.2, 0.25) is 5.02 Å². The average molecular weight is 381 g/mol. The lowest BCUT2D eigenvalue weighted by Gasteiger charge is -2.26. The summed E-state index contributed by atoms with van der Waals surface area (Å²) >= 11 is 6.23. The van der Waals surface area contributed by atoms with Gasteiger partial charge in [0.1, 0.15) is 12.4 Å². The molecule has 0 bridgehead atoms. The largest absolute Gasteiger partial charge is 0.492 e. The topological polar surface area (TPSA) is 28.3 Å². The van der Waals surface area contributed by atoms with Gasteiger partial charge in [0.25, 0.3) is 0 Å². The number of piperidine rings is 1. The Bertz CT molecular complexity index is 972. The monoisotopic (exact) mass is 380 g/mol. The van der Waals surface area contributed by atoms with E-state index in [9.17, 15) is 0 Å². The summed E-state index contributed by atoms with van der Waals surface area (Å²) in [6.07, 6.45) is 6.14. The number of hydrogen-bond acceptors (Lipinski definition) is 2. The highest BCUT2D eigenvalue weighted by molar-refractivity contribution is 6.31. The van der Waals surface area contributed by atoms with Crippen molar-refractivity contribution in [3.8, 4) is 17.0 Å². The van der Waals surface area contributed by atoms with Crippen LogP contribution in [-0.2, 0) is 12.8 Å². The maximum atomic E-state index is 6.23. The molecule has 1 aliphatic carbocycles. The highest BCUT2D eigenvalue weighted by Gasteiger charge is 2.21. The van der Waals surface area contributed by atoms with E-state index in [2.05, 4.69) is 40.2 Å². The molecule has 5 rings (SSSR count). The molecule has 0 atom stereocenters. The first-order chi connectivity index (χ1) is 13.3. The van der Waals surface area contributed by atoms with Crippen LogP contribution < -0.4 is 4.74 Å². The third-order valence-corrected chi connectivity index (χ3v) is 6.22. The van der Waals surface area contributed by atoms with E-state index in [1.165, 1.54) is 60.1 Å². The first-order valence-electron chi connectivity index (χ1n) is 10.1. The Morgan fingerprint density at radius 1 is 1.00 bits per heavy atom. The van der Waals surface area contributed by atoms with Gasteiger partial charge in [0.2, 0.25) is 0 Å². The number of benzene rings is 2. The SMILES string of the molecule is Clc1ccc2[nH]c3c(c2c1)CCc1ccc(OCCN2CCCCC2)cc1-3. The van der Waals surface area contributed by atoms with Crippen molar-refractivity contribution in [2.75, 3.05) is 26.2 Å². The molecule has 140 valence electrons. The van der Waals surface area contributed by atoms with Crippen LogP contribution in [0.5, 0.6) is 5.75 Å². The number of nitrogens with one attached hydrogen (secondary N) is 1. The lowest BCUT2D eigenvalue weighted by molar-refractivity contribution is 0.183. The van der Waals surface area contributed by atoms with Crippen LogP contribution in [0.15, 0.2) is 36.4 Å². The number of ether oxygens (including phenoxy) is 1. The van der Waals surface area contributed by atoms with Crippen molar-refractivity contribution in [1.29, 1.82) is 0 Å². The number of aryl methyl sites for hydroxylation is 2. The number of likely N-dealkylation sites (tertiary alicyclic amines) is 1. The molecular weight excluding hydrogens is 356 g/mol. The predicted molar refractivity (Wildman–Crippen MR) is 112 cm³/mol. The summed E-state index contributed by atoms with van der Waals surface area (Å²) in [5, 5.41) is 2.05. The molecule has 3 nitrogen and oxygen atoms in total. The predicted octanol–water partition coefficient (Wildman–Crippen LogP) is 5.45. The van der Waals surface area contributed by atoms with E-state index < -0.39 is 0 Å². The van der Waals surface area contributed by atoms with Crippen molar-refractivity contribution < 1.29 is 4.74 Å². The first-order valence-corrected chi connectivity index (χ1v) is 10.4. The second-order valence-corrected chi connectivity index (χ2v) is 8.17. The van der Waals surface area contributed by atoms with E-state index in [0.29, 0.717) is 0 Å². The summed E-state index contributed by atoms with van der Waals surface area (Å²) in [5.41, 5.74) is 6.44. The molecule has 2 aliphatic rings. The minimum absolute atomic E-state index is 0.758. The molecule has 0 radical (unpaired) electrons. The molecule has 0 unspecified atom stereocenters. The van der Waals surface area contributed by atoms with E-state index in [0.717, 1.165) is 42.3 Å². The second kappa shape index (κ2) is 7.21. The fourth-order valence-electron chi connectivity index (χ4n) is 4.54. The average Bonchev–Trinajstić information content (AvgIpc) is 3.07. The van der Waals surface area contributed by atoms with E-state index in [1.807, 2.05) is 6.07 Å². The van der Waals surface area contributed by atoms with Crippen LogP contribution in [0.1, 0.15) is 30.4 Å². The molecule has 1 saturated heterocycles. The zero-order valence-electron chi connectivity index (χ0n) is 15.6. The number of hydrogen-bond donors (Lipinski definition) is 1. The Morgan fingerprint density at radius 3 is 2.78 bits per heavy atom. The minimum atomic E-state index is 0.758. The number of H-pyrrole nitrogens is 1. The number of fused-ring (bicyclic) bond motifs is 5. The Morgan fingerprint density at radius 2 is 1.89 bits per heavy atom. The molecule has 2 heterocycles. The summed E-state index contributed by atoms with van der Waals surface area (Å²) in [5.74, 6) is 0.968. The molecule has 0 spiro atoms. The van der Waals surface area contributed by atoms with Crippen molar-refractivity contribution in [3.63, 3.8) is 0 Å². The Labute approximate surface area is 165 Å². The van der Waals surface area contributed by atoms with Gasteiger partial charge >= 0.3 is 0 Å². The quantitative estimate of drug-likeness (QED) is 0.651. The molecule has 0 saturated carbocycles. The number of nitrogens with zero attached hydrogens (tertiary/aromatic N) is 1. The van der Waals surface area contributed by atoms with Crippen LogP contribution >= 0.6 is 11.6 Å². The van der Waals surface area contributed by atoms with Crippen LogP contribution in [0.25, 0.3) is 22.2 Å². The number of aromatic amines is 1. The Kier molecular flexibility index (Phi) is 4.58. The lowest BCUT2D eigenvalue weighted by Crippen LogP contribution is -2.33. The zero-order chi connectivity index (χ0) is 18.2. The molecule has 1 fully saturated rings. The van der Waals surface area contributed by atoms with E-state index >= 15 is 0 Å². The Hall–Kier alpha value is -1.97. The third-order valence-electron chi connectivity index (χ3n) is 5.99. The molecular formula is C23H25ClN2O. The van der Waals surface area contributed by atoms with Gasteiger partial charge in [0.15, 0.2) is 0 Å². The molecule has 2 aromatic carbocycles. The highest BCUT2D eigenvalue weighted by atomic mass is 35.5. The number of halogens is 1. The second-order valence-electron chi connectivity index (χ2n) is 7.74. The normalized spacial score (nSPS) is 16.9. The maximum absolute atomic E-state index is 6.23. The molecule has 27 heavy (non-hydrogen) atoms. The molecule has 3 aromatic rings. The third kappa shape index (κ3) is 3.35. The fourth-order valence-corrected chi connectivity index (χ4v) is 4.71. The van der Waals surface area contributed by atoms with Crippen LogP contribution in [0.4, 0.5) is 0 Å². The van der Waals surface area contributed by atoms with E-state index in [4.69, 9.17) is 16.3 Å². The van der Waals surface area contributed by atoms with Gasteiger partial charge in [-0.25, -0.2) is 0 Å². The summed E-state index contributed by atoms with van der Waals surface area (Å²) < 4.78 is 6.11. The van der Waals surface area contributed by atoms with Gasteiger partial charge in [-0.3, -0.25) is 4.90 Å². The van der Waals surface area contributed by atoms with E-state index in [1.54, 1.807) is 0 Å². The van der Waals surface area contributed by atoms with E-state index in [-0.39, 0.29) is 0 Å². The van der Waals surface area contributed by atoms with Gasteiger partial charge in [0, 0.05) is 28.0 Å². The minimum Gasteiger partial charge on any atom is -0.492 e. The summed E-state index contributed by atoms with van der Waals surface area (Å²) in [6.45, 7) is 4.21. The fraction of sp³-hybridized carbons (Fsp3) is 0.391. The molecule has 4 heteroatoms. The van der Waals surface area contributed by atoms with Crippen molar-refractivity contribution in [3.05, 3.63) is 52.5 Å². The zero-order valence-corrected chi connectivity index (χ0v) is 16.3. The van der Waals surface area contributed by atoms with Gasteiger partial charge in [0.05, 0.1) is 5.69 Å². The first kappa shape index (κ1) is 17.2. The van der Waals surface area contributed by atoms with Gasteiger partial charge in [-0.2, -0.15) is 0 Å². The molecule has 0 amide bonds. The van der Waals surface area contributed by atoms with Crippen LogP contribution in [0, 0.1) is 0 Å². The van der Waals surface area contributed by atoms with Gasteiger partial charge in [-0.05, 0) is 80.2 Å². The highest BCUT2D eigenvalue weighted by Crippen LogP contribution is 2.39. The van der Waals surface area contributed by atoms with Crippen molar-refractivity contribution in [2.24, 2.45) is 0 Å². The van der Waals surface area contributed by atoms with Crippen molar-refractivity contribution >= 4 is 22.5 Å². The number of rotatable bonds is 4. The summed E-state index contributed by atoms with van der Waals surface area (Å²) in [4.78, 5) is 6.13. The molecule has 1 aromatic heterocycles. The van der Waals surface area contributed by atoms with Gasteiger partial charge in [-0.1, -0.05) is 24.1 Å². The van der Waals surface area contributed by atoms with Crippen molar-refractivity contribution in [2.45, 2.75) is 32.1 Å². The Balaban J connectivity index is 1.38. The van der Waals surface area contributed by atoms with Crippen molar-refractivity contribution in [1.82, 2.24) is 9.88 Å². The van der Waals surface area contributed by atoms with Crippen LogP contribution in [0.3, 0.4) is 0 Å². The summed E-state index contributed by atoms with van der Waals surface area (Å²) in [6, 6.07) is 12.7. The molecule has 1 N–H and O–H groups in total. The standard InChI is InChI=1S/C23H25ClN2O/c24-17-6-9-22-21(14-17)19-8-5-16-4-7-18(15-20(16)23(19)25-22)27-13-12-26-10-2-1-3-11-26/h4,6-7,9,14-15,25H,1-3,5,8,10-13H2. The van der Waals surface area contributed by atoms with Gasteiger partial charge in [-0.15, -0.1) is 0 Å². The van der Waals surface area contributed by atoms with Gasteiger partial charge < -0.3 is 9.72 Å². The number of aromatic nitrogens is 1. The molecule has 1 aliphatic heterocycles. The summed E-state index contributed by atoms with van der Waals surface area (Å²) in [7, 11) is 0. The maximum Gasteiger partial charge on any atom is 0.120 e. The smallest absolute Gasteiger partial charge is 0.120 e.